The first-order valence-electron chi connectivity index (χ1n) is 5.73. The minimum absolute atomic E-state index is 0.0370. The van der Waals surface area contributed by atoms with Gasteiger partial charge in [-0.2, -0.15) is 13.2 Å². The van der Waals surface area contributed by atoms with Crippen LogP contribution in [-0.4, -0.2) is 10.2 Å². The predicted molar refractivity (Wildman–Crippen MR) is 72.8 cm³/mol. The maximum atomic E-state index is 12.6. The van der Waals surface area contributed by atoms with Crippen LogP contribution in [0.1, 0.15) is 25.8 Å². The number of hydrogen-bond acceptors (Lipinski definition) is 4. The van der Waals surface area contributed by atoms with Gasteiger partial charge in [-0.15, -0.1) is 11.3 Å². The summed E-state index contributed by atoms with van der Waals surface area (Å²) < 4.78 is 43.1. The molecule has 2 rings (SSSR count). The Hall–Kier alpha value is -1.60. The van der Waals surface area contributed by atoms with Crippen LogP contribution in [0.15, 0.2) is 24.3 Å². The number of thiazole rings is 1. The lowest BCUT2D eigenvalue weighted by Crippen LogP contribution is -2.06. The van der Waals surface area contributed by atoms with Gasteiger partial charge in [0.25, 0.3) is 5.24 Å². The van der Waals surface area contributed by atoms with E-state index in [0.717, 1.165) is 23.5 Å². The molecule has 1 heterocycles. The van der Waals surface area contributed by atoms with Crippen LogP contribution in [0.4, 0.5) is 13.2 Å². The minimum atomic E-state index is -4.41. The number of aromatic nitrogens is 1. The van der Waals surface area contributed by atoms with E-state index in [1.807, 2.05) is 0 Å². The number of halogens is 4. The average Bonchev–Trinajstić information content (AvgIpc) is 2.77. The first kappa shape index (κ1) is 15.8. The summed E-state index contributed by atoms with van der Waals surface area (Å²) in [4.78, 5) is 15.3. The van der Waals surface area contributed by atoms with E-state index in [4.69, 9.17) is 16.3 Å². The number of ether oxygens (including phenoxy) is 1. The quantitative estimate of drug-likeness (QED) is 0.776. The summed E-state index contributed by atoms with van der Waals surface area (Å²) in [6.45, 7) is 1.54. The highest BCUT2D eigenvalue weighted by Crippen LogP contribution is 2.30. The molecule has 0 amide bonds. The molecule has 0 unspecified atom stereocenters. The fourth-order valence-electron chi connectivity index (χ4n) is 1.62. The summed E-state index contributed by atoms with van der Waals surface area (Å²) >= 11 is 6.46. The highest BCUT2D eigenvalue weighted by molar-refractivity contribution is 7.15. The van der Waals surface area contributed by atoms with Crippen LogP contribution in [0.5, 0.6) is 5.88 Å². The van der Waals surface area contributed by atoms with Gasteiger partial charge in [-0.1, -0.05) is 12.1 Å². The molecule has 1 aromatic heterocycles. The van der Waals surface area contributed by atoms with Gasteiger partial charge in [0.05, 0.1) is 10.6 Å². The van der Waals surface area contributed by atoms with Crippen molar-refractivity contribution in [1.29, 1.82) is 0 Å². The molecule has 2 aromatic rings. The van der Waals surface area contributed by atoms with Crippen LogP contribution >= 0.6 is 22.9 Å². The molecular formula is C13H9ClF3NO2S. The topological polar surface area (TPSA) is 39.2 Å². The highest BCUT2D eigenvalue weighted by atomic mass is 35.5. The molecule has 0 aliphatic heterocycles. The molecule has 0 atom stereocenters. The maximum absolute atomic E-state index is 12.6. The van der Waals surface area contributed by atoms with Crippen LogP contribution in [-0.2, 0) is 12.8 Å². The van der Waals surface area contributed by atoms with Gasteiger partial charge < -0.3 is 4.74 Å². The summed E-state index contributed by atoms with van der Waals surface area (Å²) in [5, 5.41) is -0.127. The van der Waals surface area contributed by atoms with Gasteiger partial charge >= 0.3 is 6.18 Å². The lowest BCUT2D eigenvalue weighted by atomic mass is 10.1. The molecule has 0 aliphatic rings. The van der Waals surface area contributed by atoms with Gasteiger partial charge in [0.2, 0.25) is 5.88 Å². The Balaban J connectivity index is 2.15. The average molecular weight is 336 g/mol. The van der Waals surface area contributed by atoms with Crippen LogP contribution in [0.25, 0.3) is 0 Å². The van der Waals surface area contributed by atoms with E-state index in [1.165, 1.54) is 12.1 Å². The summed E-state index contributed by atoms with van der Waals surface area (Å²) in [6.07, 6.45) is -4.41. The molecule has 0 bridgehead atoms. The van der Waals surface area contributed by atoms with Crippen molar-refractivity contribution >= 4 is 28.2 Å². The van der Waals surface area contributed by atoms with Gasteiger partial charge in [0, 0.05) is 0 Å². The molecule has 0 saturated heterocycles. The number of carbonyl (C=O) groups is 1. The van der Waals surface area contributed by atoms with Crippen molar-refractivity contribution in [1.82, 2.24) is 4.98 Å². The van der Waals surface area contributed by atoms with Gasteiger partial charge in [-0.3, -0.25) is 4.79 Å². The zero-order chi connectivity index (χ0) is 15.6. The Labute approximate surface area is 127 Å². The number of carbonyl (C=O) groups excluding carboxylic acids is 1. The number of benzene rings is 1. The van der Waals surface area contributed by atoms with E-state index in [1.54, 1.807) is 6.92 Å². The van der Waals surface area contributed by atoms with E-state index in [0.29, 0.717) is 10.6 Å². The molecule has 1 aromatic carbocycles. The SMILES string of the molecule is Cc1nc(OCc2cccc(C(F)(F)F)c2)c(C(=O)Cl)s1. The molecule has 0 N–H and O–H groups in total. The van der Waals surface area contributed by atoms with Gasteiger partial charge in [0.15, 0.2) is 4.88 Å². The fraction of sp³-hybridized carbons (Fsp3) is 0.231. The van der Waals surface area contributed by atoms with E-state index in [-0.39, 0.29) is 17.4 Å². The third kappa shape index (κ3) is 3.95. The summed E-state index contributed by atoms with van der Waals surface area (Å²) in [5.74, 6) is 0.0370. The molecule has 8 heteroatoms. The Morgan fingerprint density at radius 3 is 2.76 bits per heavy atom. The largest absolute Gasteiger partial charge is 0.472 e. The number of nitrogens with zero attached hydrogens (tertiary/aromatic N) is 1. The van der Waals surface area contributed by atoms with Gasteiger partial charge in [-0.25, -0.2) is 4.98 Å². The van der Waals surface area contributed by atoms with Crippen molar-refractivity contribution in [2.75, 3.05) is 0 Å². The molecule has 3 nitrogen and oxygen atoms in total. The van der Waals surface area contributed by atoms with Crippen molar-refractivity contribution in [3.8, 4) is 5.88 Å². The summed E-state index contributed by atoms with van der Waals surface area (Å²) in [5.41, 5.74) is -0.435. The second-order valence-corrected chi connectivity index (χ2v) is 5.67. The smallest absolute Gasteiger partial charge is 0.416 e. The van der Waals surface area contributed by atoms with Gasteiger partial charge in [0.1, 0.15) is 6.61 Å². The first-order valence-corrected chi connectivity index (χ1v) is 6.93. The van der Waals surface area contributed by atoms with E-state index >= 15 is 0 Å². The monoisotopic (exact) mass is 335 g/mol. The zero-order valence-electron chi connectivity index (χ0n) is 10.7. The Bertz CT molecular complexity index is 670. The molecule has 0 saturated carbocycles. The lowest BCUT2D eigenvalue weighted by molar-refractivity contribution is -0.137. The number of aryl methyl sites for hydroxylation is 1. The second kappa shape index (κ2) is 6.03. The molecule has 0 radical (unpaired) electrons. The van der Waals surface area contributed by atoms with E-state index in [2.05, 4.69) is 4.98 Å². The predicted octanol–water partition coefficient (Wildman–Crippen LogP) is 4.43. The minimum Gasteiger partial charge on any atom is -0.472 e. The highest BCUT2D eigenvalue weighted by Gasteiger charge is 2.30. The second-order valence-electron chi connectivity index (χ2n) is 4.13. The first-order chi connectivity index (χ1) is 9.77. The van der Waals surface area contributed by atoms with Crippen molar-refractivity contribution in [3.63, 3.8) is 0 Å². The van der Waals surface area contributed by atoms with Crippen LogP contribution in [0, 0.1) is 6.92 Å². The maximum Gasteiger partial charge on any atom is 0.416 e. The van der Waals surface area contributed by atoms with Crippen molar-refractivity contribution in [3.05, 3.63) is 45.3 Å². The van der Waals surface area contributed by atoms with E-state index < -0.39 is 17.0 Å². The normalized spacial score (nSPS) is 11.5. The molecule has 0 spiro atoms. The van der Waals surface area contributed by atoms with Crippen molar-refractivity contribution in [2.45, 2.75) is 19.7 Å². The molecule has 112 valence electrons. The Kier molecular flexibility index (Phi) is 4.53. The lowest BCUT2D eigenvalue weighted by Gasteiger charge is -2.09. The Morgan fingerprint density at radius 1 is 1.43 bits per heavy atom. The number of alkyl halides is 3. The third-order valence-electron chi connectivity index (χ3n) is 2.51. The van der Waals surface area contributed by atoms with Crippen molar-refractivity contribution < 1.29 is 22.7 Å². The fourth-order valence-corrected chi connectivity index (χ4v) is 2.51. The standard InChI is InChI=1S/C13H9ClF3NO2S/c1-7-18-12(10(21-7)11(14)19)20-6-8-3-2-4-9(5-8)13(15,16)17/h2-5H,6H2,1H3. The van der Waals surface area contributed by atoms with Crippen LogP contribution in [0.3, 0.4) is 0 Å². The molecular weight excluding hydrogens is 327 g/mol. The zero-order valence-corrected chi connectivity index (χ0v) is 12.3. The summed E-state index contributed by atoms with van der Waals surface area (Å²) in [6, 6.07) is 4.75. The van der Waals surface area contributed by atoms with Gasteiger partial charge in [-0.05, 0) is 36.2 Å². The van der Waals surface area contributed by atoms with Crippen LogP contribution in [0.2, 0.25) is 0 Å². The van der Waals surface area contributed by atoms with E-state index in [9.17, 15) is 18.0 Å². The third-order valence-corrected chi connectivity index (χ3v) is 3.76. The number of hydrogen-bond donors (Lipinski definition) is 0. The number of rotatable bonds is 4. The molecule has 0 aliphatic carbocycles. The molecule has 21 heavy (non-hydrogen) atoms. The van der Waals surface area contributed by atoms with Crippen LogP contribution < -0.4 is 4.74 Å². The Morgan fingerprint density at radius 2 is 2.14 bits per heavy atom. The van der Waals surface area contributed by atoms with Crippen molar-refractivity contribution in [2.24, 2.45) is 0 Å². The summed E-state index contributed by atoms with van der Waals surface area (Å²) in [7, 11) is 0. The molecule has 0 fully saturated rings.